The summed E-state index contributed by atoms with van der Waals surface area (Å²) in [5.74, 6) is 2.68. The van der Waals surface area contributed by atoms with Crippen molar-refractivity contribution in [3.8, 4) is 34.3 Å². The van der Waals surface area contributed by atoms with Crippen LogP contribution >= 0.6 is 0 Å². The summed E-state index contributed by atoms with van der Waals surface area (Å²) in [7, 11) is 3.24. The van der Waals surface area contributed by atoms with Crippen LogP contribution in [0.3, 0.4) is 0 Å². The van der Waals surface area contributed by atoms with Gasteiger partial charge in [-0.25, -0.2) is 4.98 Å². The molecule has 3 rings (SSSR count). The number of nitrogens with one attached hydrogen (secondary N) is 1. The Hall–Kier alpha value is -3.02. The molecule has 0 aliphatic carbocycles. The van der Waals surface area contributed by atoms with Crippen molar-refractivity contribution in [1.82, 2.24) is 15.2 Å². The molecule has 3 aromatic rings. The molecule has 0 saturated carbocycles. The zero-order valence-corrected chi connectivity index (χ0v) is 12.3. The van der Waals surface area contributed by atoms with Crippen molar-refractivity contribution in [2.45, 2.75) is 0 Å². The Morgan fingerprint density at radius 1 is 1.00 bits per heavy atom. The molecule has 0 spiro atoms. The fraction of sp³-hybridized carbons (Fsp3) is 0.125. The Bertz CT molecular complexity index is 781. The van der Waals surface area contributed by atoms with Crippen LogP contribution in [-0.4, -0.2) is 29.4 Å². The Kier molecular flexibility index (Phi) is 3.65. The number of nitrogens with zero attached hydrogens (tertiary/aromatic N) is 2. The molecule has 0 amide bonds. The largest absolute Gasteiger partial charge is 0.497 e. The third-order valence-corrected chi connectivity index (χ3v) is 3.31. The molecule has 0 fully saturated rings. The van der Waals surface area contributed by atoms with E-state index >= 15 is 0 Å². The van der Waals surface area contributed by atoms with Crippen LogP contribution in [0.4, 0.5) is 5.69 Å². The second kappa shape index (κ2) is 5.77. The first-order chi connectivity index (χ1) is 10.7. The maximum atomic E-state index is 5.84. The van der Waals surface area contributed by atoms with E-state index in [2.05, 4.69) is 15.2 Å². The lowest BCUT2D eigenvalue weighted by molar-refractivity contribution is 0.415. The van der Waals surface area contributed by atoms with Crippen molar-refractivity contribution in [1.29, 1.82) is 0 Å². The van der Waals surface area contributed by atoms with Gasteiger partial charge in [0.15, 0.2) is 11.6 Å². The van der Waals surface area contributed by atoms with Crippen molar-refractivity contribution >= 4 is 5.69 Å². The van der Waals surface area contributed by atoms with Crippen LogP contribution in [0.15, 0.2) is 42.5 Å². The van der Waals surface area contributed by atoms with Crippen LogP contribution in [0.2, 0.25) is 0 Å². The highest BCUT2D eigenvalue weighted by Crippen LogP contribution is 2.30. The van der Waals surface area contributed by atoms with Crippen LogP contribution in [-0.2, 0) is 0 Å². The first-order valence-corrected chi connectivity index (χ1v) is 6.72. The normalized spacial score (nSPS) is 10.5. The van der Waals surface area contributed by atoms with Gasteiger partial charge in [0.25, 0.3) is 0 Å². The van der Waals surface area contributed by atoms with E-state index in [9.17, 15) is 0 Å². The fourth-order valence-corrected chi connectivity index (χ4v) is 2.16. The summed E-state index contributed by atoms with van der Waals surface area (Å²) < 4.78 is 10.5. The molecule has 2 aromatic carbocycles. The number of H-pyrrole nitrogens is 1. The maximum Gasteiger partial charge on any atom is 0.181 e. The number of nitrogen functional groups attached to an aromatic ring is 1. The van der Waals surface area contributed by atoms with Crippen LogP contribution in [0, 0.1) is 0 Å². The Morgan fingerprint density at radius 2 is 1.77 bits per heavy atom. The number of ether oxygens (including phenoxy) is 2. The van der Waals surface area contributed by atoms with Gasteiger partial charge in [-0.05, 0) is 42.5 Å². The molecule has 0 saturated heterocycles. The number of aromatic amines is 1. The second-order valence-corrected chi connectivity index (χ2v) is 4.70. The standard InChI is InChI=1S/C16H16N4O2/c1-21-12-6-3-10(4-7-12)15-18-16(20-19-15)13-9-11(17)5-8-14(13)22-2/h3-9H,17H2,1-2H3,(H,18,19,20). The molecule has 3 N–H and O–H groups in total. The van der Waals surface area contributed by atoms with E-state index in [1.165, 1.54) is 0 Å². The third-order valence-electron chi connectivity index (χ3n) is 3.31. The zero-order valence-electron chi connectivity index (χ0n) is 12.3. The average molecular weight is 296 g/mol. The molecule has 0 aliphatic heterocycles. The minimum absolute atomic E-state index is 0.599. The van der Waals surface area contributed by atoms with Crippen molar-refractivity contribution in [2.24, 2.45) is 0 Å². The SMILES string of the molecule is COc1ccc(-c2n[nH]c(-c3cc(N)ccc3OC)n2)cc1. The molecule has 0 radical (unpaired) electrons. The molecule has 6 heteroatoms. The van der Waals surface area contributed by atoms with Crippen molar-refractivity contribution in [2.75, 3.05) is 20.0 Å². The number of hydrogen-bond donors (Lipinski definition) is 2. The van der Waals surface area contributed by atoms with E-state index in [-0.39, 0.29) is 0 Å². The molecule has 112 valence electrons. The van der Waals surface area contributed by atoms with E-state index in [0.29, 0.717) is 23.1 Å². The van der Waals surface area contributed by atoms with Gasteiger partial charge in [-0.15, -0.1) is 0 Å². The minimum atomic E-state index is 0.599. The fourth-order valence-electron chi connectivity index (χ4n) is 2.16. The van der Waals surface area contributed by atoms with Crippen molar-refractivity contribution < 1.29 is 9.47 Å². The summed E-state index contributed by atoms with van der Waals surface area (Å²) in [6.07, 6.45) is 0. The Labute approximate surface area is 127 Å². The van der Waals surface area contributed by atoms with Crippen LogP contribution < -0.4 is 15.2 Å². The Morgan fingerprint density at radius 3 is 2.45 bits per heavy atom. The lowest BCUT2D eigenvalue weighted by Gasteiger charge is -2.06. The predicted molar refractivity (Wildman–Crippen MR) is 84.8 cm³/mol. The van der Waals surface area contributed by atoms with E-state index in [0.717, 1.165) is 16.9 Å². The number of nitrogens with two attached hydrogens (primary N) is 1. The lowest BCUT2D eigenvalue weighted by Crippen LogP contribution is -1.92. The van der Waals surface area contributed by atoms with Crippen LogP contribution in [0.25, 0.3) is 22.8 Å². The minimum Gasteiger partial charge on any atom is -0.497 e. The molecular formula is C16H16N4O2. The number of rotatable bonds is 4. The number of aromatic nitrogens is 3. The molecule has 0 bridgehead atoms. The maximum absolute atomic E-state index is 5.84. The van der Waals surface area contributed by atoms with E-state index in [1.807, 2.05) is 24.3 Å². The molecule has 0 aliphatic rings. The lowest BCUT2D eigenvalue weighted by atomic mass is 10.1. The number of benzene rings is 2. The van der Waals surface area contributed by atoms with Gasteiger partial charge in [0.2, 0.25) is 0 Å². The van der Waals surface area contributed by atoms with Gasteiger partial charge in [-0.3, -0.25) is 5.10 Å². The van der Waals surface area contributed by atoms with Crippen molar-refractivity contribution in [3.63, 3.8) is 0 Å². The smallest absolute Gasteiger partial charge is 0.181 e. The molecule has 0 unspecified atom stereocenters. The molecule has 6 nitrogen and oxygen atoms in total. The monoisotopic (exact) mass is 296 g/mol. The van der Waals surface area contributed by atoms with Gasteiger partial charge < -0.3 is 15.2 Å². The van der Waals surface area contributed by atoms with Crippen molar-refractivity contribution in [3.05, 3.63) is 42.5 Å². The first-order valence-electron chi connectivity index (χ1n) is 6.72. The predicted octanol–water partition coefficient (Wildman–Crippen LogP) is 2.74. The molecule has 0 atom stereocenters. The first kappa shape index (κ1) is 13.9. The highest BCUT2D eigenvalue weighted by molar-refractivity contribution is 5.70. The summed E-state index contributed by atoms with van der Waals surface area (Å²) in [4.78, 5) is 4.51. The summed E-state index contributed by atoms with van der Waals surface area (Å²) >= 11 is 0. The topological polar surface area (TPSA) is 86.0 Å². The van der Waals surface area contributed by atoms with E-state index < -0.39 is 0 Å². The molecule has 1 aromatic heterocycles. The molecule has 22 heavy (non-hydrogen) atoms. The highest BCUT2D eigenvalue weighted by atomic mass is 16.5. The van der Waals surface area contributed by atoms with Gasteiger partial charge in [0.1, 0.15) is 11.5 Å². The third kappa shape index (κ3) is 2.58. The summed E-state index contributed by atoms with van der Waals surface area (Å²) in [5.41, 5.74) is 8.14. The quantitative estimate of drug-likeness (QED) is 0.723. The van der Waals surface area contributed by atoms with Gasteiger partial charge >= 0.3 is 0 Å². The summed E-state index contributed by atoms with van der Waals surface area (Å²) in [6.45, 7) is 0. The van der Waals surface area contributed by atoms with E-state index in [1.54, 1.807) is 32.4 Å². The van der Waals surface area contributed by atoms with E-state index in [4.69, 9.17) is 15.2 Å². The van der Waals surface area contributed by atoms with Gasteiger partial charge in [0, 0.05) is 11.3 Å². The van der Waals surface area contributed by atoms with Gasteiger partial charge in [-0.1, -0.05) is 0 Å². The average Bonchev–Trinajstić information content (AvgIpc) is 3.04. The number of hydrogen-bond acceptors (Lipinski definition) is 5. The molecule has 1 heterocycles. The summed E-state index contributed by atoms with van der Waals surface area (Å²) in [5, 5.41) is 7.17. The highest BCUT2D eigenvalue weighted by Gasteiger charge is 2.12. The van der Waals surface area contributed by atoms with Crippen LogP contribution in [0.1, 0.15) is 0 Å². The van der Waals surface area contributed by atoms with Gasteiger partial charge in [0.05, 0.1) is 19.8 Å². The Balaban J connectivity index is 1.98. The van der Waals surface area contributed by atoms with Crippen LogP contribution in [0.5, 0.6) is 11.5 Å². The number of methoxy groups -OCH3 is 2. The molecular weight excluding hydrogens is 280 g/mol. The summed E-state index contributed by atoms with van der Waals surface area (Å²) in [6, 6.07) is 12.9. The van der Waals surface area contributed by atoms with Gasteiger partial charge in [-0.2, -0.15) is 5.10 Å². The number of anilines is 1. The zero-order chi connectivity index (χ0) is 15.5. The second-order valence-electron chi connectivity index (χ2n) is 4.70.